The molecule has 0 saturated carbocycles. The fourth-order valence-corrected chi connectivity index (χ4v) is 2.41. The Morgan fingerprint density at radius 1 is 1.00 bits per heavy atom. The summed E-state index contributed by atoms with van der Waals surface area (Å²) in [6, 6.07) is 7.57. The molecule has 0 saturated heterocycles. The molecule has 2 aromatic heterocycles. The molecule has 3 rings (SSSR count). The van der Waals surface area contributed by atoms with E-state index in [0.29, 0.717) is 17.2 Å². The van der Waals surface area contributed by atoms with Crippen molar-refractivity contribution < 1.29 is 4.79 Å². The molecule has 0 bridgehead atoms. The first kappa shape index (κ1) is 15.9. The zero-order valence-corrected chi connectivity index (χ0v) is 14.2. The molecular formula is C18H19N5O. The van der Waals surface area contributed by atoms with Crippen molar-refractivity contribution in [2.45, 2.75) is 27.7 Å². The van der Waals surface area contributed by atoms with Crippen LogP contribution in [0.5, 0.6) is 0 Å². The molecule has 0 aliphatic heterocycles. The molecule has 3 aromatic rings. The van der Waals surface area contributed by atoms with Crippen LogP contribution in [-0.4, -0.2) is 25.7 Å². The maximum absolute atomic E-state index is 12.3. The second kappa shape index (κ2) is 6.23. The van der Waals surface area contributed by atoms with Gasteiger partial charge in [0, 0.05) is 11.3 Å². The van der Waals surface area contributed by atoms with E-state index in [4.69, 9.17) is 0 Å². The van der Waals surface area contributed by atoms with Crippen LogP contribution in [0.15, 0.2) is 36.7 Å². The Balaban J connectivity index is 1.77. The standard InChI is InChI=1S/C18H19N5O/c1-11-5-6-15(7-12(11)2)17(24)21-16-9-19-18(20-10-16)23-14(4)8-13(3)22-23/h5-10H,1-4H3,(H,21,24). The van der Waals surface area contributed by atoms with Crippen LogP contribution in [0.1, 0.15) is 32.9 Å². The summed E-state index contributed by atoms with van der Waals surface area (Å²) >= 11 is 0. The first-order valence-corrected chi connectivity index (χ1v) is 7.68. The van der Waals surface area contributed by atoms with E-state index in [1.807, 2.05) is 52.0 Å². The zero-order chi connectivity index (χ0) is 17.3. The van der Waals surface area contributed by atoms with Crippen LogP contribution < -0.4 is 5.32 Å². The van der Waals surface area contributed by atoms with Crippen molar-refractivity contribution in [1.82, 2.24) is 19.7 Å². The van der Waals surface area contributed by atoms with Gasteiger partial charge in [-0.05, 0) is 57.0 Å². The van der Waals surface area contributed by atoms with Gasteiger partial charge < -0.3 is 5.32 Å². The van der Waals surface area contributed by atoms with Crippen LogP contribution >= 0.6 is 0 Å². The number of rotatable bonds is 3. The number of carbonyl (C=O) groups is 1. The van der Waals surface area contributed by atoms with Gasteiger partial charge in [0.2, 0.25) is 0 Å². The van der Waals surface area contributed by atoms with Crippen molar-refractivity contribution in [3.63, 3.8) is 0 Å². The van der Waals surface area contributed by atoms with Gasteiger partial charge in [-0.3, -0.25) is 4.79 Å². The number of benzene rings is 1. The average molecular weight is 321 g/mol. The summed E-state index contributed by atoms with van der Waals surface area (Å²) in [6.45, 7) is 7.86. The van der Waals surface area contributed by atoms with E-state index in [-0.39, 0.29) is 5.91 Å². The van der Waals surface area contributed by atoms with E-state index >= 15 is 0 Å². The molecule has 1 amide bonds. The smallest absolute Gasteiger partial charge is 0.255 e. The van der Waals surface area contributed by atoms with Crippen LogP contribution in [0.4, 0.5) is 5.69 Å². The summed E-state index contributed by atoms with van der Waals surface area (Å²) in [4.78, 5) is 20.9. The highest BCUT2D eigenvalue weighted by atomic mass is 16.1. The Morgan fingerprint density at radius 2 is 1.71 bits per heavy atom. The Morgan fingerprint density at radius 3 is 2.29 bits per heavy atom. The number of aryl methyl sites for hydroxylation is 4. The second-order valence-corrected chi connectivity index (χ2v) is 5.86. The largest absolute Gasteiger partial charge is 0.319 e. The van der Waals surface area contributed by atoms with Crippen molar-refractivity contribution in [3.05, 3.63) is 64.7 Å². The predicted octanol–water partition coefficient (Wildman–Crippen LogP) is 3.15. The van der Waals surface area contributed by atoms with Gasteiger partial charge in [0.05, 0.1) is 23.8 Å². The molecule has 1 aromatic carbocycles. The molecular weight excluding hydrogens is 302 g/mol. The molecule has 0 radical (unpaired) electrons. The fourth-order valence-electron chi connectivity index (χ4n) is 2.41. The highest BCUT2D eigenvalue weighted by Crippen LogP contribution is 2.13. The lowest BCUT2D eigenvalue weighted by Gasteiger charge is -2.08. The van der Waals surface area contributed by atoms with Crippen LogP contribution in [0.3, 0.4) is 0 Å². The topological polar surface area (TPSA) is 72.7 Å². The van der Waals surface area contributed by atoms with Gasteiger partial charge in [-0.25, -0.2) is 14.6 Å². The number of nitrogens with one attached hydrogen (secondary N) is 1. The molecule has 6 nitrogen and oxygen atoms in total. The van der Waals surface area contributed by atoms with Gasteiger partial charge in [0.1, 0.15) is 0 Å². The van der Waals surface area contributed by atoms with Crippen LogP contribution in [-0.2, 0) is 0 Å². The molecule has 0 fully saturated rings. The number of hydrogen-bond acceptors (Lipinski definition) is 4. The summed E-state index contributed by atoms with van der Waals surface area (Å²) < 4.78 is 1.67. The van der Waals surface area contributed by atoms with E-state index in [1.54, 1.807) is 17.1 Å². The van der Waals surface area contributed by atoms with Gasteiger partial charge in [-0.1, -0.05) is 6.07 Å². The van der Waals surface area contributed by atoms with Crippen molar-refractivity contribution in [2.24, 2.45) is 0 Å². The van der Waals surface area contributed by atoms with Crippen molar-refractivity contribution >= 4 is 11.6 Å². The lowest BCUT2D eigenvalue weighted by Crippen LogP contribution is -2.13. The quantitative estimate of drug-likeness (QED) is 0.804. The summed E-state index contributed by atoms with van der Waals surface area (Å²) in [5.74, 6) is 0.297. The van der Waals surface area contributed by atoms with Crippen molar-refractivity contribution in [2.75, 3.05) is 5.32 Å². The molecule has 6 heteroatoms. The van der Waals surface area contributed by atoms with Gasteiger partial charge in [0.25, 0.3) is 11.9 Å². The molecule has 0 aliphatic carbocycles. The Kier molecular flexibility index (Phi) is 4.12. The van der Waals surface area contributed by atoms with Crippen LogP contribution in [0, 0.1) is 27.7 Å². The Hall–Kier alpha value is -3.02. The fraction of sp³-hybridized carbons (Fsp3) is 0.222. The third-order valence-electron chi connectivity index (χ3n) is 3.86. The number of amides is 1. The number of anilines is 1. The first-order valence-electron chi connectivity index (χ1n) is 7.68. The third kappa shape index (κ3) is 3.17. The SMILES string of the molecule is Cc1cc(C)n(-c2ncc(NC(=O)c3ccc(C)c(C)c3)cn2)n1. The third-order valence-corrected chi connectivity index (χ3v) is 3.86. The minimum Gasteiger partial charge on any atom is -0.319 e. The molecule has 0 spiro atoms. The number of carbonyl (C=O) groups excluding carboxylic acids is 1. The average Bonchev–Trinajstić information content (AvgIpc) is 2.89. The monoisotopic (exact) mass is 321 g/mol. The number of hydrogen-bond donors (Lipinski definition) is 1. The highest BCUT2D eigenvalue weighted by molar-refractivity contribution is 6.04. The summed E-state index contributed by atoms with van der Waals surface area (Å²) in [5.41, 5.74) is 5.26. The molecule has 24 heavy (non-hydrogen) atoms. The van der Waals surface area contributed by atoms with E-state index in [1.165, 1.54) is 0 Å². The highest BCUT2D eigenvalue weighted by Gasteiger charge is 2.10. The maximum atomic E-state index is 12.3. The number of nitrogens with zero attached hydrogens (tertiary/aromatic N) is 4. The van der Waals surface area contributed by atoms with Crippen LogP contribution in [0.2, 0.25) is 0 Å². The lowest BCUT2D eigenvalue weighted by molar-refractivity contribution is 0.102. The minimum absolute atomic E-state index is 0.180. The summed E-state index contributed by atoms with van der Waals surface area (Å²) in [6.07, 6.45) is 3.16. The second-order valence-electron chi connectivity index (χ2n) is 5.86. The molecule has 122 valence electrons. The maximum Gasteiger partial charge on any atom is 0.255 e. The zero-order valence-electron chi connectivity index (χ0n) is 14.2. The predicted molar refractivity (Wildman–Crippen MR) is 92.5 cm³/mol. The molecule has 1 N–H and O–H groups in total. The van der Waals surface area contributed by atoms with Crippen molar-refractivity contribution in [3.8, 4) is 5.95 Å². The molecule has 0 atom stereocenters. The van der Waals surface area contributed by atoms with E-state index < -0.39 is 0 Å². The normalized spacial score (nSPS) is 10.7. The Bertz CT molecular complexity index is 896. The van der Waals surface area contributed by atoms with Gasteiger partial charge in [0.15, 0.2) is 0 Å². The van der Waals surface area contributed by atoms with Gasteiger partial charge in [-0.15, -0.1) is 0 Å². The summed E-state index contributed by atoms with van der Waals surface area (Å²) in [5, 5.41) is 7.15. The van der Waals surface area contributed by atoms with Gasteiger partial charge >= 0.3 is 0 Å². The molecule has 0 aliphatic rings. The Labute approximate surface area is 140 Å². The summed E-state index contributed by atoms with van der Waals surface area (Å²) in [7, 11) is 0. The number of aromatic nitrogens is 4. The van der Waals surface area contributed by atoms with E-state index in [9.17, 15) is 4.79 Å². The lowest BCUT2D eigenvalue weighted by atomic mass is 10.1. The van der Waals surface area contributed by atoms with E-state index in [0.717, 1.165) is 22.5 Å². The minimum atomic E-state index is -0.180. The molecule has 0 unspecified atom stereocenters. The van der Waals surface area contributed by atoms with Gasteiger partial charge in [-0.2, -0.15) is 5.10 Å². The first-order chi connectivity index (χ1) is 11.4. The van der Waals surface area contributed by atoms with Crippen LogP contribution in [0.25, 0.3) is 5.95 Å². The molecule has 2 heterocycles. The van der Waals surface area contributed by atoms with Crippen molar-refractivity contribution in [1.29, 1.82) is 0 Å². The van der Waals surface area contributed by atoms with E-state index in [2.05, 4.69) is 20.4 Å².